The molecule has 1 unspecified atom stereocenters. The van der Waals surface area contributed by atoms with Gasteiger partial charge in [-0.1, -0.05) is 36.2 Å². The third-order valence-electron chi connectivity index (χ3n) is 4.64. The lowest BCUT2D eigenvalue weighted by Crippen LogP contribution is -2.38. The minimum Gasteiger partial charge on any atom is -0.481 e. The summed E-state index contributed by atoms with van der Waals surface area (Å²) in [5, 5.41) is 9.23. The maximum Gasteiger partial charge on any atom is 0.307 e. The Balaban J connectivity index is 2.11. The van der Waals surface area contributed by atoms with Gasteiger partial charge in [-0.2, -0.15) is 0 Å². The van der Waals surface area contributed by atoms with Gasteiger partial charge in [0, 0.05) is 7.05 Å². The lowest BCUT2D eigenvalue weighted by Gasteiger charge is -2.29. The zero-order valence-corrected chi connectivity index (χ0v) is 12.9. The molecule has 1 fully saturated rings. The number of nitrogens with zero attached hydrogens (tertiary/aromatic N) is 1. The number of hydrogen-bond donors (Lipinski definition) is 1. The maximum absolute atomic E-state index is 12.6. The van der Waals surface area contributed by atoms with Crippen molar-refractivity contribution in [2.45, 2.75) is 39.2 Å². The van der Waals surface area contributed by atoms with Crippen LogP contribution in [0.4, 0.5) is 0 Å². The molecule has 1 aromatic carbocycles. The first-order valence-electron chi connectivity index (χ1n) is 7.48. The van der Waals surface area contributed by atoms with Crippen LogP contribution in [0.1, 0.15) is 43.4 Å². The summed E-state index contributed by atoms with van der Waals surface area (Å²) in [7, 11) is 1.77. The predicted octanol–water partition coefficient (Wildman–Crippen LogP) is 3.02. The smallest absolute Gasteiger partial charge is 0.307 e. The van der Waals surface area contributed by atoms with Crippen molar-refractivity contribution in [1.29, 1.82) is 0 Å². The fourth-order valence-corrected chi connectivity index (χ4v) is 3.07. The molecule has 0 bridgehead atoms. The largest absolute Gasteiger partial charge is 0.481 e. The number of carboxylic acid groups (broad SMARTS) is 1. The number of aliphatic carboxylic acids is 1. The molecule has 21 heavy (non-hydrogen) atoms. The molecule has 1 saturated carbocycles. The number of hydrogen-bond acceptors (Lipinski definition) is 2. The van der Waals surface area contributed by atoms with Gasteiger partial charge >= 0.3 is 5.97 Å². The molecule has 0 saturated heterocycles. The highest BCUT2D eigenvalue weighted by Crippen LogP contribution is 2.34. The fourth-order valence-electron chi connectivity index (χ4n) is 3.07. The molecule has 0 spiro atoms. The predicted molar refractivity (Wildman–Crippen MR) is 80.8 cm³/mol. The highest BCUT2D eigenvalue weighted by molar-refractivity contribution is 5.85. The molecule has 4 nitrogen and oxygen atoms in total. The first-order valence-corrected chi connectivity index (χ1v) is 7.48. The molecule has 4 heteroatoms. The van der Waals surface area contributed by atoms with Gasteiger partial charge in [0.15, 0.2) is 0 Å². The molecule has 3 atom stereocenters. The summed E-state index contributed by atoms with van der Waals surface area (Å²) >= 11 is 0. The third-order valence-corrected chi connectivity index (χ3v) is 4.64. The molecule has 2 rings (SSSR count). The van der Waals surface area contributed by atoms with Crippen LogP contribution in [0.5, 0.6) is 0 Å². The standard InChI is InChI=1S/C17H23NO3/c1-11-7-9-13(10-8-11)12(2)18(3)16(19)14-5-4-6-15(14)17(20)21/h7-10,12,14-15H,4-6H2,1-3H3,(H,20,21)/t12?,14-,15+/m1/s1. The molecule has 0 aliphatic heterocycles. The van der Waals surface area contributed by atoms with Crippen LogP contribution < -0.4 is 0 Å². The molecular weight excluding hydrogens is 266 g/mol. The number of aryl methyl sites for hydroxylation is 1. The van der Waals surface area contributed by atoms with Crippen LogP contribution in [0.25, 0.3) is 0 Å². The van der Waals surface area contributed by atoms with E-state index in [1.165, 1.54) is 5.56 Å². The number of carbonyl (C=O) groups excluding carboxylic acids is 1. The quantitative estimate of drug-likeness (QED) is 0.927. The van der Waals surface area contributed by atoms with Gasteiger partial charge in [0.05, 0.1) is 17.9 Å². The minimum atomic E-state index is -0.845. The lowest BCUT2D eigenvalue weighted by molar-refractivity contribution is -0.149. The monoisotopic (exact) mass is 289 g/mol. The van der Waals surface area contributed by atoms with Crippen molar-refractivity contribution in [2.24, 2.45) is 11.8 Å². The van der Waals surface area contributed by atoms with E-state index >= 15 is 0 Å². The Morgan fingerprint density at radius 2 is 1.76 bits per heavy atom. The normalized spacial score (nSPS) is 22.8. The van der Waals surface area contributed by atoms with Gasteiger partial charge in [0.1, 0.15) is 0 Å². The van der Waals surface area contributed by atoms with E-state index in [4.69, 9.17) is 0 Å². The van der Waals surface area contributed by atoms with E-state index in [0.717, 1.165) is 12.0 Å². The average molecular weight is 289 g/mol. The summed E-state index contributed by atoms with van der Waals surface area (Å²) < 4.78 is 0. The summed E-state index contributed by atoms with van der Waals surface area (Å²) in [5.41, 5.74) is 2.25. The van der Waals surface area contributed by atoms with Crippen molar-refractivity contribution in [3.05, 3.63) is 35.4 Å². The van der Waals surface area contributed by atoms with E-state index < -0.39 is 11.9 Å². The second-order valence-corrected chi connectivity index (χ2v) is 6.02. The van der Waals surface area contributed by atoms with Crippen LogP contribution >= 0.6 is 0 Å². The zero-order chi connectivity index (χ0) is 15.6. The second kappa shape index (κ2) is 6.29. The lowest BCUT2D eigenvalue weighted by atomic mass is 9.94. The SMILES string of the molecule is Cc1ccc(C(C)N(C)C(=O)[C@@H]2CCC[C@@H]2C(=O)O)cc1. The Hall–Kier alpha value is -1.84. The Morgan fingerprint density at radius 3 is 2.33 bits per heavy atom. The van der Waals surface area contributed by atoms with Crippen molar-refractivity contribution < 1.29 is 14.7 Å². The molecule has 0 aromatic heterocycles. The van der Waals surface area contributed by atoms with Gasteiger partial charge in [-0.3, -0.25) is 9.59 Å². The first-order chi connectivity index (χ1) is 9.91. The average Bonchev–Trinajstić information content (AvgIpc) is 2.95. The Bertz CT molecular complexity index is 523. The van der Waals surface area contributed by atoms with E-state index in [-0.39, 0.29) is 17.9 Å². The van der Waals surface area contributed by atoms with Crippen molar-refractivity contribution >= 4 is 11.9 Å². The number of carboxylic acids is 1. The van der Waals surface area contributed by atoms with Crippen LogP contribution in [0.3, 0.4) is 0 Å². The van der Waals surface area contributed by atoms with Crippen LogP contribution in [0, 0.1) is 18.8 Å². The van der Waals surface area contributed by atoms with Gasteiger partial charge in [-0.15, -0.1) is 0 Å². The molecule has 1 amide bonds. The van der Waals surface area contributed by atoms with Gasteiger partial charge in [0.25, 0.3) is 0 Å². The highest BCUT2D eigenvalue weighted by atomic mass is 16.4. The Kier molecular flexibility index (Phi) is 4.66. The number of benzene rings is 1. The molecule has 0 heterocycles. The Morgan fingerprint density at radius 1 is 1.19 bits per heavy atom. The van der Waals surface area contributed by atoms with Gasteiger partial charge in [0.2, 0.25) is 5.91 Å². The molecule has 1 aliphatic carbocycles. The van der Waals surface area contributed by atoms with Crippen LogP contribution in [-0.2, 0) is 9.59 Å². The van der Waals surface area contributed by atoms with Crippen molar-refractivity contribution in [1.82, 2.24) is 4.90 Å². The third kappa shape index (κ3) is 3.26. The van der Waals surface area contributed by atoms with E-state index in [2.05, 4.69) is 0 Å². The van der Waals surface area contributed by atoms with Crippen LogP contribution in [0.15, 0.2) is 24.3 Å². The summed E-state index contributed by atoms with van der Waals surface area (Å²) in [6.45, 7) is 4.01. The van der Waals surface area contributed by atoms with Crippen molar-refractivity contribution in [2.75, 3.05) is 7.05 Å². The number of carbonyl (C=O) groups is 2. The number of rotatable bonds is 4. The fraction of sp³-hybridized carbons (Fsp3) is 0.529. The summed E-state index contributed by atoms with van der Waals surface area (Å²) in [6, 6.07) is 8.05. The summed E-state index contributed by atoms with van der Waals surface area (Å²) in [6.07, 6.45) is 2.11. The molecule has 0 radical (unpaired) electrons. The van der Waals surface area contributed by atoms with E-state index in [0.29, 0.717) is 12.8 Å². The minimum absolute atomic E-state index is 0.0480. The van der Waals surface area contributed by atoms with Crippen LogP contribution in [-0.4, -0.2) is 28.9 Å². The van der Waals surface area contributed by atoms with E-state index in [1.54, 1.807) is 11.9 Å². The summed E-state index contributed by atoms with van der Waals surface area (Å²) in [4.78, 5) is 25.5. The first kappa shape index (κ1) is 15.5. The Labute approximate surface area is 125 Å². The zero-order valence-electron chi connectivity index (χ0n) is 12.9. The van der Waals surface area contributed by atoms with Gasteiger partial charge in [-0.05, 0) is 32.3 Å². The van der Waals surface area contributed by atoms with E-state index in [9.17, 15) is 14.7 Å². The van der Waals surface area contributed by atoms with Gasteiger partial charge in [-0.25, -0.2) is 0 Å². The summed E-state index contributed by atoms with van der Waals surface area (Å²) in [5.74, 6) is -1.79. The second-order valence-electron chi connectivity index (χ2n) is 6.02. The maximum atomic E-state index is 12.6. The molecule has 1 aromatic rings. The topological polar surface area (TPSA) is 57.6 Å². The molecule has 1 aliphatic rings. The number of amides is 1. The van der Waals surface area contributed by atoms with Crippen molar-refractivity contribution in [3.63, 3.8) is 0 Å². The van der Waals surface area contributed by atoms with Gasteiger partial charge < -0.3 is 10.0 Å². The highest BCUT2D eigenvalue weighted by Gasteiger charge is 2.39. The molecular formula is C17H23NO3. The van der Waals surface area contributed by atoms with Crippen LogP contribution in [0.2, 0.25) is 0 Å². The van der Waals surface area contributed by atoms with Crippen molar-refractivity contribution in [3.8, 4) is 0 Å². The molecule has 114 valence electrons. The molecule has 1 N–H and O–H groups in total. The van der Waals surface area contributed by atoms with E-state index in [1.807, 2.05) is 38.1 Å².